The molecule has 4 heteroatoms. The van der Waals surface area contributed by atoms with E-state index in [2.05, 4.69) is 6.92 Å². The van der Waals surface area contributed by atoms with Crippen LogP contribution in [0.4, 0.5) is 0 Å². The van der Waals surface area contributed by atoms with Crippen molar-refractivity contribution in [3.63, 3.8) is 0 Å². The van der Waals surface area contributed by atoms with Crippen molar-refractivity contribution in [3.05, 3.63) is 59.2 Å². The van der Waals surface area contributed by atoms with Crippen LogP contribution >= 0.6 is 0 Å². The number of carboxylic acid groups (broad SMARTS) is 1. The zero-order chi connectivity index (χ0) is 15.9. The van der Waals surface area contributed by atoms with Crippen molar-refractivity contribution in [1.29, 1.82) is 0 Å². The standard InChI is InChI=1S/C18H20O4/c1-3-14-5-8-16(9-6-14)21-10-11-22-17-12-15(18(19)20)7-4-13(17)2/h4-9,12H,3,10-11H2,1-2H3,(H,19,20). The lowest BCUT2D eigenvalue weighted by atomic mass is 10.1. The van der Waals surface area contributed by atoms with E-state index >= 15 is 0 Å². The quantitative estimate of drug-likeness (QED) is 0.792. The number of hydrogen-bond acceptors (Lipinski definition) is 3. The van der Waals surface area contributed by atoms with E-state index in [-0.39, 0.29) is 5.56 Å². The van der Waals surface area contributed by atoms with Crippen molar-refractivity contribution < 1.29 is 19.4 Å². The Bertz CT molecular complexity index is 632. The average molecular weight is 300 g/mol. The first kappa shape index (κ1) is 15.9. The Balaban J connectivity index is 1.85. The third-order valence-corrected chi connectivity index (χ3v) is 3.38. The Morgan fingerprint density at radius 1 is 1.05 bits per heavy atom. The van der Waals surface area contributed by atoms with Gasteiger partial charge in [0, 0.05) is 0 Å². The Morgan fingerprint density at radius 2 is 1.73 bits per heavy atom. The summed E-state index contributed by atoms with van der Waals surface area (Å²) < 4.78 is 11.2. The summed E-state index contributed by atoms with van der Waals surface area (Å²) in [5.74, 6) is 0.416. The van der Waals surface area contributed by atoms with Crippen LogP contribution in [-0.4, -0.2) is 24.3 Å². The molecule has 0 heterocycles. The summed E-state index contributed by atoms with van der Waals surface area (Å²) in [7, 11) is 0. The van der Waals surface area contributed by atoms with Crippen molar-refractivity contribution in [2.75, 3.05) is 13.2 Å². The lowest BCUT2D eigenvalue weighted by Gasteiger charge is -2.11. The second kappa shape index (κ2) is 7.50. The van der Waals surface area contributed by atoms with Crippen LogP contribution < -0.4 is 9.47 Å². The minimum atomic E-state index is -0.961. The van der Waals surface area contributed by atoms with Crippen LogP contribution in [0.15, 0.2) is 42.5 Å². The highest BCUT2D eigenvalue weighted by Crippen LogP contribution is 2.20. The van der Waals surface area contributed by atoms with Gasteiger partial charge >= 0.3 is 5.97 Å². The van der Waals surface area contributed by atoms with Gasteiger partial charge in [0.15, 0.2) is 0 Å². The summed E-state index contributed by atoms with van der Waals surface area (Å²) in [6.07, 6.45) is 1.00. The van der Waals surface area contributed by atoms with Crippen LogP contribution in [0.3, 0.4) is 0 Å². The minimum Gasteiger partial charge on any atom is -0.490 e. The Kier molecular flexibility index (Phi) is 5.42. The molecule has 0 fully saturated rings. The van der Waals surface area contributed by atoms with Crippen LogP contribution in [0.2, 0.25) is 0 Å². The molecule has 0 amide bonds. The second-order valence-corrected chi connectivity index (χ2v) is 4.98. The number of hydrogen-bond donors (Lipinski definition) is 1. The fourth-order valence-corrected chi connectivity index (χ4v) is 2.02. The van der Waals surface area contributed by atoms with Crippen LogP contribution in [0.5, 0.6) is 11.5 Å². The summed E-state index contributed by atoms with van der Waals surface area (Å²) in [5, 5.41) is 8.98. The van der Waals surface area contributed by atoms with Gasteiger partial charge in [0.05, 0.1) is 5.56 Å². The van der Waals surface area contributed by atoms with Crippen molar-refractivity contribution in [2.45, 2.75) is 20.3 Å². The molecule has 0 aliphatic carbocycles. The molecule has 4 nitrogen and oxygen atoms in total. The molecule has 2 rings (SSSR count). The number of carbonyl (C=O) groups is 1. The number of aromatic carboxylic acids is 1. The number of rotatable bonds is 7. The molecule has 0 spiro atoms. The number of carboxylic acids is 1. The second-order valence-electron chi connectivity index (χ2n) is 4.98. The molecule has 0 aliphatic rings. The monoisotopic (exact) mass is 300 g/mol. The third-order valence-electron chi connectivity index (χ3n) is 3.38. The van der Waals surface area contributed by atoms with Gasteiger partial charge in [-0.3, -0.25) is 0 Å². The topological polar surface area (TPSA) is 55.8 Å². The molecule has 2 aromatic carbocycles. The van der Waals surface area contributed by atoms with Crippen molar-refractivity contribution in [1.82, 2.24) is 0 Å². The van der Waals surface area contributed by atoms with Crippen LogP contribution in [0.25, 0.3) is 0 Å². The van der Waals surface area contributed by atoms with E-state index in [1.807, 2.05) is 31.2 Å². The first-order chi connectivity index (χ1) is 10.6. The van der Waals surface area contributed by atoms with Gasteiger partial charge in [-0.1, -0.05) is 25.1 Å². The highest BCUT2D eigenvalue weighted by Gasteiger charge is 2.07. The van der Waals surface area contributed by atoms with E-state index in [9.17, 15) is 4.79 Å². The Labute approximate surface area is 130 Å². The fraction of sp³-hybridized carbons (Fsp3) is 0.278. The number of benzene rings is 2. The fourth-order valence-electron chi connectivity index (χ4n) is 2.02. The van der Waals surface area contributed by atoms with Gasteiger partial charge in [0.25, 0.3) is 0 Å². The lowest BCUT2D eigenvalue weighted by molar-refractivity contribution is 0.0696. The van der Waals surface area contributed by atoms with E-state index in [0.29, 0.717) is 19.0 Å². The predicted molar refractivity (Wildman–Crippen MR) is 84.9 cm³/mol. The number of ether oxygens (including phenoxy) is 2. The molecule has 0 unspecified atom stereocenters. The van der Waals surface area contributed by atoms with Crippen molar-refractivity contribution in [2.24, 2.45) is 0 Å². The van der Waals surface area contributed by atoms with Gasteiger partial charge in [0.2, 0.25) is 0 Å². The molecule has 22 heavy (non-hydrogen) atoms. The summed E-state index contributed by atoms with van der Waals surface area (Å²) in [4.78, 5) is 11.0. The largest absolute Gasteiger partial charge is 0.490 e. The maximum absolute atomic E-state index is 11.0. The molecule has 0 radical (unpaired) electrons. The maximum Gasteiger partial charge on any atom is 0.335 e. The first-order valence-electron chi connectivity index (χ1n) is 7.28. The van der Waals surface area contributed by atoms with E-state index < -0.39 is 5.97 Å². The van der Waals surface area contributed by atoms with Gasteiger partial charge < -0.3 is 14.6 Å². The van der Waals surface area contributed by atoms with Crippen molar-refractivity contribution in [3.8, 4) is 11.5 Å². The molecular weight excluding hydrogens is 280 g/mol. The summed E-state index contributed by atoms with van der Waals surface area (Å²) >= 11 is 0. The molecule has 2 aromatic rings. The summed E-state index contributed by atoms with van der Waals surface area (Å²) in [6.45, 7) is 4.75. The molecule has 0 atom stereocenters. The normalized spacial score (nSPS) is 10.3. The highest BCUT2D eigenvalue weighted by molar-refractivity contribution is 5.88. The maximum atomic E-state index is 11.0. The van der Waals surface area contributed by atoms with Gasteiger partial charge in [-0.05, 0) is 48.7 Å². The summed E-state index contributed by atoms with van der Waals surface area (Å²) in [5.41, 5.74) is 2.39. The van der Waals surface area contributed by atoms with Gasteiger partial charge in [-0.2, -0.15) is 0 Å². The zero-order valence-corrected chi connectivity index (χ0v) is 12.8. The molecule has 116 valence electrons. The smallest absolute Gasteiger partial charge is 0.335 e. The Morgan fingerprint density at radius 3 is 2.36 bits per heavy atom. The van der Waals surface area contributed by atoms with E-state index in [1.165, 1.54) is 11.6 Å². The molecule has 0 aromatic heterocycles. The van der Waals surface area contributed by atoms with E-state index in [1.54, 1.807) is 12.1 Å². The molecule has 0 saturated heterocycles. The van der Waals surface area contributed by atoms with E-state index in [0.717, 1.165) is 17.7 Å². The van der Waals surface area contributed by atoms with Crippen LogP contribution in [-0.2, 0) is 6.42 Å². The lowest BCUT2D eigenvalue weighted by Crippen LogP contribution is -2.10. The van der Waals surface area contributed by atoms with Crippen LogP contribution in [0.1, 0.15) is 28.4 Å². The third kappa shape index (κ3) is 4.25. The highest BCUT2D eigenvalue weighted by atomic mass is 16.5. The molecule has 0 saturated carbocycles. The van der Waals surface area contributed by atoms with Crippen LogP contribution in [0, 0.1) is 6.92 Å². The van der Waals surface area contributed by atoms with Gasteiger partial charge in [-0.25, -0.2) is 4.79 Å². The molecular formula is C18H20O4. The Hall–Kier alpha value is -2.49. The minimum absolute atomic E-state index is 0.219. The summed E-state index contributed by atoms with van der Waals surface area (Å²) in [6, 6.07) is 12.8. The predicted octanol–water partition coefficient (Wildman–Crippen LogP) is 3.71. The first-order valence-corrected chi connectivity index (χ1v) is 7.28. The molecule has 0 bridgehead atoms. The van der Waals surface area contributed by atoms with Gasteiger partial charge in [0.1, 0.15) is 24.7 Å². The molecule has 1 N–H and O–H groups in total. The molecule has 0 aliphatic heterocycles. The van der Waals surface area contributed by atoms with E-state index in [4.69, 9.17) is 14.6 Å². The average Bonchev–Trinajstić information content (AvgIpc) is 2.53. The van der Waals surface area contributed by atoms with Crippen molar-refractivity contribution >= 4 is 5.97 Å². The zero-order valence-electron chi connectivity index (χ0n) is 12.8. The SMILES string of the molecule is CCc1ccc(OCCOc2cc(C(=O)O)ccc2C)cc1. The van der Waals surface area contributed by atoms with Gasteiger partial charge in [-0.15, -0.1) is 0 Å². The number of aryl methyl sites for hydroxylation is 2.